The van der Waals surface area contributed by atoms with Gasteiger partial charge in [0.15, 0.2) is 0 Å². The van der Waals surface area contributed by atoms with E-state index < -0.39 is 0 Å². The number of anilines is 1. The van der Waals surface area contributed by atoms with Gasteiger partial charge in [-0.2, -0.15) is 0 Å². The van der Waals surface area contributed by atoms with Gasteiger partial charge in [0, 0.05) is 30.3 Å². The lowest BCUT2D eigenvalue weighted by molar-refractivity contribution is 0.306. The van der Waals surface area contributed by atoms with Gasteiger partial charge in [0.25, 0.3) is 0 Å². The summed E-state index contributed by atoms with van der Waals surface area (Å²) in [6.45, 7) is 4.32. The van der Waals surface area contributed by atoms with E-state index in [1.54, 1.807) is 0 Å². The van der Waals surface area contributed by atoms with E-state index in [9.17, 15) is 0 Å². The summed E-state index contributed by atoms with van der Waals surface area (Å²) in [6, 6.07) is 26.7. The first-order valence-electron chi connectivity index (χ1n) is 10.1. The Bertz CT molecular complexity index is 833. The molecule has 0 unspecified atom stereocenters. The second-order valence-corrected chi connectivity index (χ2v) is 6.78. The van der Waals surface area contributed by atoms with Crippen LogP contribution >= 0.6 is 0 Å². The van der Waals surface area contributed by atoms with Crippen molar-refractivity contribution in [3.63, 3.8) is 0 Å². The molecule has 0 aliphatic rings. The van der Waals surface area contributed by atoms with Crippen molar-refractivity contribution in [3.8, 4) is 11.5 Å². The smallest absolute Gasteiger partial charge is 0.124 e. The van der Waals surface area contributed by atoms with Crippen LogP contribution < -0.4 is 14.8 Å². The van der Waals surface area contributed by atoms with Crippen LogP contribution in [0.25, 0.3) is 0 Å². The summed E-state index contributed by atoms with van der Waals surface area (Å²) in [4.78, 5) is 0. The van der Waals surface area contributed by atoms with Crippen LogP contribution in [0.3, 0.4) is 0 Å². The third-order valence-electron chi connectivity index (χ3n) is 4.55. The molecule has 0 fully saturated rings. The summed E-state index contributed by atoms with van der Waals surface area (Å²) >= 11 is 0. The van der Waals surface area contributed by atoms with E-state index in [0.717, 1.165) is 55.2 Å². The maximum atomic E-state index is 5.93. The van der Waals surface area contributed by atoms with E-state index in [1.807, 2.05) is 42.5 Å². The molecule has 0 bridgehead atoms. The van der Waals surface area contributed by atoms with Crippen molar-refractivity contribution in [1.29, 1.82) is 0 Å². The summed E-state index contributed by atoms with van der Waals surface area (Å²) in [5.74, 6) is 1.84. The van der Waals surface area contributed by atoms with Crippen molar-refractivity contribution in [1.82, 2.24) is 0 Å². The maximum Gasteiger partial charge on any atom is 0.124 e. The van der Waals surface area contributed by atoms with E-state index >= 15 is 0 Å². The van der Waals surface area contributed by atoms with E-state index in [4.69, 9.17) is 9.47 Å². The predicted molar refractivity (Wildman–Crippen MR) is 116 cm³/mol. The van der Waals surface area contributed by atoms with Crippen LogP contribution in [0.2, 0.25) is 0 Å². The summed E-state index contributed by atoms with van der Waals surface area (Å²) in [6.07, 6.45) is 3.11. The monoisotopic (exact) mass is 375 g/mol. The molecule has 0 aliphatic carbocycles. The Labute approximate surface area is 168 Å². The first kappa shape index (κ1) is 19.8. The van der Waals surface area contributed by atoms with Gasteiger partial charge >= 0.3 is 0 Å². The molecule has 3 rings (SSSR count). The Morgan fingerprint density at radius 2 is 1.61 bits per heavy atom. The molecule has 3 nitrogen and oxygen atoms in total. The van der Waals surface area contributed by atoms with Gasteiger partial charge in [-0.1, -0.05) is 67.9 Å². The van der Waals surface area contributed by atoms with Crippen molar-refractivity contribution >= 4 is 5.69 Å². The maximum absolute atomic E-state index is 5.93. The second-order valence-electron chi connectivity index (χ2n) is 6.78. The van der Waals surface area contributed by atoms with Gasteiger partial charge in [0.2, 0.25) is 0 Å². The minimum absolute atomic E-state index is 0.668. The van der Waals surface area contributed by atoms with Crippen LogP contribution in [0.5, 0.6) is 11.5 Å². The molecule has 3 aromatic carbocycles. The highest BCUT2D eigenvalue weighted by Gasteiger charge is 2.04. The molecule has 3 heteroatoms. The van der Waals surface area contributed by atoms with Gasteiger partial charge in [0.1, 0.15) is 11.5 Å². The van der Waals surface area contributed by atoms with Crippen LogP contribution in [0.4, 0.5) is 5.69 Å². The third-order valence-corrected chi connectivity index (χ3v) is 4.55. The number of hydrogen-bond donors (Lipinski definition) is 1. The number of ether oxygens (including phenoxy) is 2. The molecular weight excluding hydrogens is 346 g/mol. The van der Waals surface area contributed by atoms with Crippen LogP contribution in [0.15, 0.2) is 78.9 Å². The number of rotatable bonds is 11. The van der Waals surface area contributed by atoms with Crippen LogP contribution in [0, 0.1) is 0 Å². The van der Waals surface area contributed by atoms with E-state index in [2.05, 4.69) is 48.6 Å². The Hall–Kier alpha value is -2.94. The topological polar surface area (TPSA) is 30.5 Å². The number of nitrogens with one attached hydrogen (secondary N) is 1. The molecule has 0 atom stereocenters. The Kier molecular flexibility index (Phi) is 7.80. The zero-order valence-corrected chi connectivity index (χ0v) is 16.6. The van der Waals surface area contributed by atoms with Gasteiger partial charge in [-0.25, -0.2) is 0 Å². The zero-order chi connectivity index (χ0) is 19.4. The highest BCUT2D eigenvalue weighted by molar-refractivity contribution is 5.49. The van der Waals surface area contributed by atoms with E-state index in [0.29, 0.717) is 6.61 Å². The van der Waals surface area contributed by atoms with Gasteiger partial charge in [-0.05, 0) is 30.2 Å². The molecule has 0 saturated carbocycles. The van der Waals surface area contributed by atoms with E-state index in [-0.39, 0.29) is 0 Å². The lowest BCUT2D eigenvalue weighted by Gasteiger charge is -2.13. The molecule has 3 aromatic rings. The van der Waals surface area contributed by atoms with Crippen molar-refractivity contribution in [2.75, 3.05) is 18.5 Å². The minimum Gasteiger partial charge on any atom is -0.493 e. The molecule has 0 radical (unpaired) electrons. The fraction of sp³-hybridized carbons (Fsp3) is 0.280. The number of para-hydroxylation sites is 1. The lowest BCUT2D eigenvalue weighted by atomic mass is 10.2. The van der Waals surface area contributed by atoms with Crippen molar-refractivity contribution in [2.24, 2.45) is 0 Å². The van der Waals surface area contributed by atoms with Crippen LogP contribution in [0.1, 0.15) is 30.9 Å². The molecule has 0 saturated heterocycles. The molecule has 0 spiro atoms. The summed E-state index contributed by atoms with van der Waals surface area (Å²) in [7, 11) is 0. The van der Waals surface area contributed by atoms with Gasteiger partial charge < -0.3 is 14.8 Å². The van der Waals surface area contributed by atoms with Gasteiger partial charge in [-0.3, -0.25) is 0 Å². The average molecular weight is 376 g/mol. The normalized spacial score (nSPS) is 10.5. The molecule has 0 aromatic heterocycles. The Balaban J connectivity index is 1.52. The van der Waals surface area contributed by atoms with Crippen molar-refractivity contribution in [3.05, 3.63) is 90.0 Å². The summed E-state index contributed by atoms with van der Waals surface area (Å²) in [5.41, 5.74) is 3.49. The van der Waals surface area contributed by atoms with Gasteiger partial charge in [0.05, 0.1) is 13.2 Å². The number of benzene rings is 3. The summed E-state index contributed by atoms with van der Waals surface area (Å²) < 4.78 is 11.8. The van der Waals surface area contributed by atoms with Gasteiger partial charge in [-0.15, -0.1) is 0 Å². The molecule has 0 aliphatic heterocycles. The Morgan fingerprint density at radius 1 is 0.786 bits per heavy atom. The molecule has 0 heterocycles. The number of unbranched alkanes of at least 4 members (excludes halogenated alkanes) is 1. The average Bonchev–Trinajstić information content (AvgIpc) is 2.74. The fourth-order valence-electron chi connectivity index (χ4n) is 2.94. The predicted octanol–water partition coefficient (Wildman–Crippen LogP) is 6.10. The summed E-state index contributed by atoms with van der Waals surface area (Å²) in [5, 5.41) is 3.48. The highest BCUT2D eigenvalue weighted by Crippen LogP contribution is 2.22. The third kappa shape index (κ3) is 6.34. The molecule has 146 valence electrons. The SMILES string of the molecule is CCCCOc1ccccc1CNc1cccc(OCCc2ccccc2)c1. The number of hydrogen-bond acceptors (Lipinski definition) is 3. The first-order valence-corrected chi connectivity index (χ1v) is 10.1. The Morgan fingerprint density at radius 3 is 2.46 bits per heavy atom. The fourth-order valence-corrected chi connectivity index (χ4v) is 2.94. The van der Waals surface area contributed by atoms with E-state index in [1.165, 1.54) is 5.56 Å². The standard InChI is InChI=1S/C25H29NO2/c1-2-3-17-28-25-15-8-7-12-22(25)20-26-23-13-9-14-24(19-23)27-18-16-21-10-5-4-6-11-21/h4-15,19,26H,2-3,16-18,20H2,1H3. The lowest BCUT2D eigenvalue weighted by Crippen LogP contribution is -2.05. The molecular formula is C25H29NO2. The second kappa shape index (κ2) is 11.0. The first-order chi connectivity index (χ1) is 13.8. The molecule has 1 N–H and O–H groups in total. The highest BCUT2D eigenvalue weighted by atomic mass is 16.5. The van der Waals surface area contributed by atoms with Crippen molar-refractivity contribution < 1.29 is 9.47 Å². The largest absolute Gasteiger partial charge is 0.493 e. The quantitative estimate of drug-likeness (QED) is 0.411. The minimum atomic E-state index is 0.668. The zero-order valence-electron chi connectivity index (χ0n) is 16.6. The van der Waals surface area contributed by atoms with Crippen molar-refractivity contribution in [2.45, 2.75) is 32.7 Å². The van der Waals surface area contributed by atoms with Crippen LogP contribution in [-0.4, -0.2) is 13.2 Å². The molecule has 0 amide bonds. The van der Waals surface area contributed by atoms with Crippen LogP contribution in [-0.2, 0) is 13.0 Å². The molecule has 28 heavy (non-hydrogen) atoms.